The van der Waals surface area contributed by atoms with Crippen molar-refractivity contribution < 1.29 is 5.11 Å². The van der Waals surface area contributed by atoms with Crippen molar-refractivity contribution in [2.75, 3.05) is 13.1 Å². The fourth-order valence-electron chi connectivity index (χ4n) is 3.43. The highest BCUT2D eigenvalue weighted by Crippen LogP contribution is 2.29. The van der Waals surface area contributed by atoms with Crippen LogP contribution in [-0.4, -0.2) is 42.4 Å². The molecule has 1 N–H and O–H groups in total. The Labute approximate surface area is 144 Å². The molecule has 0 aliphatic carbocycles. The first-order valence-corrected chi connectivity index (χ1v) is 8.76. The summed E-state index contributed by atoms with van der Waals surface area (Å²) < 4.78 is 3.93. The minimum atomic E-state index is -0.495. The summed E-state index contributed by atoms with van der Waals surface area (Å²) in [6.07, 6.45) is 9.40. The number of imidazole rings is 1. The van der Waals surface area contributed by atoms with E-state index in [1.165, 1.54) is 5.56 Å². The van der Waals surface area contributed by atoms with Gasteiger partial charge in [-0.25, -0.2) is 4.98 Å². The molecule has 0 bridgehead atoms. The normalized spacial score (nSPS) is 21.1. The summed E-state index contributed by atoms with van der Waals surface area (Å²) in [6, 6.07) is 0. The van der Waals surface area contributed by atoms with E-state index in [0.717, 1.165) is 38.3 Å². The fourth-order valence-corrected chi connectivity index (χ4v) is 3.43. The SMILES string of the molecule is Cn1ccnc1C(O)C1CCCN(Cc2cnn(C(C)(C)C)c2)C1. The van der Waals surface area contributed by atoms with Crippen molar-refractivity contribution in [3.8, 4) is 0 Å². The van der Waals surface area contributed by atoms with Crippen molar-refractivity contribution in [3.05, 3.63) is 36.2 Å². The summed E-state index contributed by atoms with van der Waals surface area (Å²) in [5.41, 5.74) is 1.24. The molecule has 6 heteroatoms. The van der Waals surface area contributed by atoms with Crippen LogP contribution in [0.2, 0.25) is 0 Å². The third-order valence-electron chi connectivity index (χ3n) is 4.84. The largest absolute Gasteiger partial charge is 0.385 e. The number of aryl methyl sites for hydroxylation is 1. The maximum atomic E-state index is 10.7. The predicted molar refractivity (Wildman–Crippen MR) is 93.4 cm³/mol. The average molecular weight is 331 g/mol. The topological polar surface area (TPSA) is 59.1 Å². The van der Waals surface area contributed by atoms with Gasteiger partial charge in [0.25, 0.3) is 0 Å². The van der Waals surface area contributed by atoms with Crippen molar-refractivity contribution in [1.29, 1.82) is 0 Å². The highest BCUT2D eigenvalue weighted by atomic mass is 16.3. The van der Waals surface area contributed by atoms with E-state index < -0.39 is 6.10 Å². The highest BCUT2D eigenvalue weighted by Gasteiger charge is 2.29. The Morgan fingerprint density at radius 2 is 2.17 bits per heavy atom. The monoisotopic (exact) mass is 331 g/mol. The number of hydrogen-bond donors (Lipinski definition) is 1. The zero-order valence-electron chi connectivity index (χ0n) is 15.2. The van der Waals surface area contributed by atoms with Crippen LogP contribution in [0.25, 0.3) is 0 Å². The van der Waals surface area contributed by atoms with Gasteiger partial charge in [0.2, 0.25) is 0 Å². The summed E-state index contributed by atoms with van der Waals surface area (Å²) in [4.78, 5) is 6.73. The van der Waals surface area contributed by atoms with E-state index in [2.05, 4.69) is 42.0 Å². The first kappa shape index (κ1) is 17.2. The molecule has 0 saturated carbocycles. The maximum absolute atomic E-state index is 10.7. The summed E-state index contributed by atoms with van der Waals surface area (Å²) in [7, 11) is 1.94. The van der Waals surface area contributed by atoms with Gasteiger partial charge >= 0.3 is 0 Å². The average Bonchev–Trinajstić information content (AvgIpc) is 3.15. The Morgan fingerprint density at radius 3 is 2.79 bits per heavy atom. The predicted octanol–water partition coefficient (Wildman–Crippen LogP) is 2.32. The van der Waals surface area contributed by atoms with Gasteiger partial charge in [-0.05, 0) is 40.2 Å². The van der Waals surface area contributed by atoms with Crippen LogP contribution in [0.15, 0.2) is 24.8 Å². The Kier molecular flexibility index (Phi) is 4.78. The van der Waals surface area contributed by atoms with E-state index in [0.29, 0.717) is 0 Å². The van der Waals surface area contributed by atoms with Crippen LogP contribution in [-0.2, 0) is 19.1 Å². The molecule has 0 radical (unpaired) electrons. The molecule has 24 heavy (non-hydrogen) atoms. The molecular formula is C18H29N5O. The van der Waals surface area contributed by atoms with Crippen LogP contribution in [0.4, 0.5) is 0 Å². The van der Waals surface area contributed by atoms with Gasteiger partial charge < -0.3 is 9.67 Å². The summed E-state index contributed by atoms with van der Waals surface area (Å²) in [6.45, 7) is 9.33. The van der Waals surface area contributed by atoms with E-state index >= 15 is 0 Å². The van der Waals surface area contributed by atoms with Gasteiger partial charge in [-0.15, -0.1) is 0 Å². The third kappa shape index (κ3) is 3.70. The number of aliphatic hydroxyl groups excluding tert-OH is 1. The van der Waals surface area contributed by atoms with Crippen molar-refractivity contribution in [2.24, 2.45) is 13.0 Å². The number of piperidine rings is 1. The molecule has 3 rings (SSSR count). The lowest BCUT2D eigenvalue weighted by atomic mass is 9.92. The molecule has 132 valence electrons. The summed E-state index contributed by atoms with van der Waals surface area (Å²) >= 11 is 0. The molecule has 0 aromatic carbocycles. The van der Waals surface area contributed by atoms with Crippen molar-refractivity contribution in [1.82, 2.24) is 24.2 Å². The minimum absolute atomic E-state index is 0.0110. The molecule has 6 nitrogen and oxygen atoms in total. The highest BCUT2D eigenvalue weighted by molar-refractivity contribution is 5.06. The second kappa shape index (κ2) is 6.69. The lowest BCUT2D eigenvalue weighted by Crippen LogP contribution is -2.37. The fraction of sp³-hybridized carbons (Fsp3) is 0.667. The smallest absolute Gasteiger partial charge is 0.137 e. The van der Waals surface area contributed by atoms with Gasteiger partial charge in [0, 0.05) is 50.2 Å². The molecule has 2 unspecified atom stereocenters. The second-order valence-corrected chi connectivity index (χ2v) is 7.94. The second-order valence-electron chi connectivity index (χ2n) is 7.94. The van der Waals surface area contributed by atoms with Crippen LogP contribution < -0.4 is 0 Å². The molecule has 2 atom stereocenters. The van der Waals surface area contributed by atoms with E-state index in [4.69, 9.17) is 0 Å². The number of rotatable bonds is 4. The van der Waals surface area contributed by atoms with E-state index in [-0.39, 0.29) is 11.5 Å². The molecule has 1 fully saturated rings. The van der Waals surface area contributed by atoms with E-state index in [1.54, 1.807) is 6.20 Å². The molecule has 2 aromatic heterocycles. The van der Waals surface area contributed by atoms with Gasteiger partial charge in [-0.1, -0.05) is 0 Å². The lowest BCUT2D eigenvalue weighted by Gasteiger charge is -2.34. The first-order valence-electron chi connectivity index (χ1n) is 8.76. The Balaban J connectivity index is 1.63. The maximum Gasteiger partial charge on any atom is 0.137 e. The van der Waals surface area contributed by atoms with Crippen molar-refractivity contribution in [3.63, 3.8) is 0 Å². The summed E-state index contributed by atoms with van der Waals surface area (Å²) in [5.74, 6) is 1.000. The number of aromatic nitrogens is 4. The number of nitrogens with zero attached hydrogens (tertiary/aromatic N) is 5. The molecular weight excluding hydrogens is 302 g/mol. The van der Waals surface area contributed by atoms with Crippen LogP contribution in [0.3, 0.4) is 0 Å². The molecule has 1 aliphatic rings. The zero-order valence-corrected chi connectivity index (χ0v) is 15.2. The third-order valence-corrected chi connectivity index (χ3v) is 4.84. The zero-order chi connectivity index (χ0) is 17.3. The molecule has 2 aromatic rings. The first-order chi connectivity index (χ1) is 11.3. The van der Waals surface area contributed by atoms with Gasteiger partial charge in [0.15, 0.2) is 0 Å². The Hall–Kier alpha value is -1.66. The van der Waals surface area contributed by atoms with E-state index in [1.807, 2.05) is 28.7 Å². The Morgan fingerprint density at radius 1 is 1.38 bits per heavy atom. The van der Waals surface area contributed by atoms with Crippen LogP contribution >= 0.6 is 0 Å². The van der Waals surface area contributed by atoms with E-state index in [9.17, 15) is 5.11 Å². The van der Waals surface area contributed by atoms with Gasteiger partial charge in [0.1, 0.15) is 11.9 Å². The number of aliphatic hydroxyl groups is 1. The Bertz CT molecular complexity index is 669. The molecule has 3 heterocycles. The van der Waals surface area contributed by atoms with Crippen LogP contribution in [0, 0.1) is 5.92 Å². The standard InChI is InChI=1S/C18H29N5O/c1-18(2,3)23-12-14(10-20-23)11-22-8-5-6-15(13-22)16(24)17-19-7-9-21(17)4/h7,9-10,12,15-16,24H,5-6,8,11,13H2,1-4H3. The number of likely N-dealkylation sites (tertiary alicyclic amines) is 1. The van der Waals surface area contributed by atoms with Gasteiger partial charge in [-0.3, -0.25) is 9.58 Å². The van der Waals surface area contributed by atoms with Gasteiger partial charge in [0.05, 0.1) is 11.7 Å². The summed E-state index contributed by atoms with van der Waals surface area (Å²) in [5, 5.41) is 15.2. The molecule has 1 saturated heterocycles. The van der Waals surface area contributed by atoms with Gasteiger partial charge in [-0.2, -0.15) is 5.10 Å². The molecule has 1 aliphatic heterocycles. The molecule has 0 spiro atoms. The quantitative estimate of drug-likeness (QED) is 0.934. The van der Waals surface area contributed by atoms with Crippen molar-refractivity contribution in [2.45, 2.75) is 51.8 Å². The van der Waals surface area contributed by atoms with Crippen LogP contribution in [0.5, 0.6) is 0 Å². The minimum Gasteiger partial charge on any atom is -0.385 e. The molecule has 0 amide bonds. The van der Waals surface area contributed by atoms with Crippen LogP contribution in [0.1, 0.15) is 51.1 Å². The number of hydrogen-bond acceptors (Lipinski definition) is 4. The lowest BCUT2D eigenvalue weighted by molar-refractivity contribution is 0.0404. The van der Waals surface area contributed by atoms with Crippen molar-refractivity contribution >= 4 is 0 Å².